The molecule has 2 N–H and O–H groups in total. The van der Waals surface area contributed by atoms with Gasteiger partial charge in [-0.1, -0.05) is 29.4 Å². The van der Waals surface area contributed by atoms with Gasteiger partial charge in [0.1, 0.15) is 0 Å². The highest BCUT2D eigenvalue weighted by Crippen LogP contribution is 1.96. The van der Waals surface area contributed by atoms with Crippen LogP contribution in [0.15, 0.2) is 29.4 Å². The van der Waals surface area contributed by atoms with Gasteiger partial charge in [0.15, 0.2) is 0 Å². The molecule has 0 amide bonds. The van der Waals surface area contributed by atoms with Crippen molar-refractivity contribution in [3.63, 3.8) is 0 Å². The van der Waals surface area contributed by atoms with E-state index in [0.717, 1.165) is 12.1 Å². The van der Waals surface area contributed by atoms with E-state index in [9.17, 15) is 4.91 Å². The molecule has 4 nitrogen and oxygen atoms in total. The van der Waals surface area contributed by atoms with Crippen LogP contribution in [-0.2, 0) is 6.54 Å². The van der Waals surface area contributed by atoms with Crippen molar-refractivity contribution in [3.05, 3.63) is 34.7 Å². The Labute approximate surface area is 77.1 Å². The number of rotatable bonds is 4. The fourth-order valence-electron chi connectivity index (χ4n) is 1.07. The van der Waals surface area contributed by atoms with Crippen molar-refractivity contribution in [2.45, 2.75) is 6.54 Å². The predicted molar refractivity (Wildman–Crippen MR) is 52.6 cm³/mol. The lowest BCUT2D eigenvalue weighted by atomic mass is 9.76. The molecule has 1 rings (SSSR count). The second-order valence-electron chi connectivity index (χ2n) is 2.75. The first-order chi connectivity index (χ1) is 6.27. The Bertz CT molecular complexity index is 276. The van der Waals surface area contributed by atoms with Crippen LogP contribution < -0.4 is 10.8 Å². The topological polar surface area (TPSA) is 61.7 Å². The quantitative estimate of drug-likeness (QED) is 0.498. The molecule has 0 unspecified atom stereocenters. The zero-order valence-corrected chi connectivity index (χ0v) is 7.40. The van der Waals surface area contributed by atoms with E-state index in [0.29, 0.717) is 5.46 Å². The largest absolute Gasteiger partial charge is 0.517 e. The Morgan fingerprint density at radius 2 is 2.08 bits per heavy atom. The first-order valence-corrected chi connectivity index (χ1v) is 4.02. The summed E-state index contributed by atoms with van der Waals surface area (Å²) in [7, 11) is 0.610. The van der Waals surface area contributed by atoms with Crippen LogP contribution in [0.4, 0.5) is 0 Å². The van der Waals surface area contributed by atoms with Gasteiger partial charge in [0, 0.05) is 6.54 Å². The Morgan fingerprint density at radius 1 is 1.46 bits per heavy atom. The van der Waals surface area contributed by atoms with Gasteiger partial charge in [0.05, 0.1) is 0 Å². The SMILES string of the molecule is CNCc1ccc(B(O)N=O)cc1. The van der Waals surface area contributed by atoms with Crippen LogP contribution in [0.25, 0.3) is 0 Å². The lowest BCUT2D eigenvalue weighted by molar-refractivity contribution is 0.587. The van der Waals surface area contributed by atoms with Crippen molar-refractivity contribution in [1.82, 2.24) is 5.32 Å². The van der Waals surface area contributed by atoms with Crippen LogP contribution >= 0.6 is 0 Å². The summed E-state index contributed by atoms with van der Waals surface area (Å²) in [6.07, 6.45) is 0. The number of benzene rings is 1. The Balaban J connectivity index is 2.74. The third-order valence-corrected chi connectivity index (χ3v) is 1.76. The van der Waals surface area contributed by atoms with Gasteiger partial charge in [-0.2, -0.15) is 4.91 Å². The number of nitrogens with zero attached hydrogens (tertiary/aromatic N) is 1. The molecule has 13 heavy (non-hydrogen) atoms. The molecule has 1 aromatic carbocycles. The fraction of sp³-hybridized carbons (Fsp3) is 0.250. The van der Waals surface area contributed by atoms with E-state index in [2.05, 4.69) is 10.4 Å². The average Bonchev–Trinajstić information content (AvgIpc) is 2.18. The van der Waals surface area contributed by atoms with Crippen molar-refractivity contribution in [3.8, 4) is 0 Å². The van der Waals surface area contributed by atoms with Gasteiger partial charge in [-0.15, -0.1) is 0 Å². The predicted octanol–water partition coefficient (Wildman–Crippen LogP) is -0.140. The highest BCUT2D eigenvalue weighted by molar-refractivity contribution is 6.64. The van der Waals surface area contributed by atoms with E-state index in [1.54, 1.807) is 12.1 Å². The molecule has 0 atom stereocenters. The molecule has 68 valence electrons. The standard InChI is InChI=1S/C8H11BN2O2/c1-10-6-7-2-4-8(5-3-7)9(12)11-13/h2-5,10,12H,6H2,1H3. The molecule has 0 fully saturated rings. The molecule has 0 aliphatic rings. The summed E-state index contributed by atoms with van der Waals surface area (Å²) in [5.74, 6) is 0. The maximum Gasteiger partial charge on any atom is 0.517 e. The third kappa shape index (κ3) is 2.64. The van der Waals surface area contributed by atoms with E-state index in [4.69, 9.17) is 5.02 Å². The van der Waals surface area contributed by atoms with Gasteiger partial charge < -0.3 is 10.3 Å². The smallest absolute Gasteiger partial charge is 0.425 e. The molecule has 0 saturated carbocycles. The zero-order valence-electron chi connectivity index (χ0n) is 7.40. The van der Waals surface area contributed by atoms with Crippen molar-refractivity contribution < 1.29 is 5.02 Å². The molecule has 0 aliphatic carbocycles. The lowest BCUT2D eigenvalue weighted by Gasteiger charge is -2.01. The second kappa shape index (κ2) is 4.74. The molecule has 0 aromatic heterocycles. The summed E-state index contributed by atoms with van der Waals surface area (Å²) in [6, 6.07) is 7.08. The maximum absolute atomic E-state index is 10.0. The molecular weight excluding hydrogens is 167 g/mol. The molecule has 5 heteroatoms. The molecule has 0 saturated heterocycles. The molecule has 1 aromatic rings. The fourth-order valence-corrected chi connectivity index (χ4v) is 1.07. The maximum atomic E-state index is 10.0. The van der Waals surface area contributed by atoms with Gasteiger partial charge in [0.2, 0.25) is 0 Å². The number of hydrogen-bond acceptors (Lipinski definition) is 4. The van der Waals surface area contributed by atoms with Crippen LogP contribution in [-0.4, -0.2) is 19.1 Å². The second-order valence-corrected chi connectivity index (χ2v) is 2.75. The third-order valence-electron chi connectivity index (χ3n) is 1.76. The number of nitrogens with one attached hydrogen (secondary N) is 1. The van der Waals surface area contributed by atoms with Gasteiger partial charge in [0.25, 0.3) is 0 Å². The van der Waals surface area contributed by atoms with Gasteiger partial charge in [-0.05, 0) is 18.1 Å². The molecular formula is C8H11BN2O2. The summed E-state index contributed by atoms with van der Waals surface area (Å²) in [5.41, 5.74) is 1.62. The molecule has 0 spiro atoms. The van der Waals surface area contributed by atoms with Crippen molar-refractivity contribution in [2.75, 3.05) is 7.05 Å². The number of nitroso groups, excluding NO2 is 1. The summed E-state index contributed by atoms with van der Waals surface area (Å²) in [5, 5.41) is 14.6. The van der Waals surface area contributed by atoms with E-state index < -0.39 is 7.05 Å². The van der Waals surface area contributed by atoms with Crippen LogP contribution in [0.5, 0.6) is 0 Å². The summed E-state index contributed by atoms with van der Waals surface area (Å²) in [6.45, 7) is 0.769. The lowest BCUT2D eigenvalue weighted by Crippen LogP contribution is -2.27. The minimum Gasteiger partial charge on any atom is -0.425 e. The van der Waals surface area contributed by atoms with Crippen molar-refractivity contribution in [2.24, 2.45) is 5.09 Å². The summed E-state index contributed by atoms with van der Waals surface area (Å²) >= 11 is 0. The van der Waals surface area contributed by atoms with Gasteiger partial charge in [-0.25, -0.2) is 0 Å². The van der Waals surface area contributed by atoms with E-state index in [1.807, 2.05) is 19.2 Å². The average molecular weight is 178 g/mol. The summed E-state index contributed by atoms with van der Waals surface area (Å²) in [4.78, 5) is 10.0. The van der Waals surface area contributed by atoms with E-state index in [-0.39, 0.29) is 0 Å². The molecule has 0 heterocycles. The number of hydrogen-bond donors (Lipinski definition) is 2. The highest BCUT2D eigenvalue weighted by atomic mass is 16.3. The highest BCUT2D eigenvalue weighted by Gasteiger charge is 2.14. The Morgan fingerprint density at radius 3 is 2.54 bits per heavy atom. The Hall–Kier alpha value is -1.20. The zero-order chi connectivity index (χ0) is 9.68. The first kappa shape index (κ1) is 9.89. The van der Waals surface area contributed by atoms with Crippen LogP contribution in [0, 0.1) is 4.91 Å². The van der Waals surface area contributed by atoms with Crippen LogP contribution in [0.2, 0.25) is 0 Å². The molecule has 0 radical (unpaired) electrons. The van der Waals surface area contributed by atoms with E-state index in [1.165, 1.54) is 0 Å². The van der Waals surface area contributed by atoms with Crippen molar-refractivity contribution >= 4 is 12.5 Å². The molecule has 0 aliphatic heterocycles. The summed E-state index contributed by atoms with van der Waals surface area (Å²) < 4.78 is 0. The van der Waals surface area contributed by atoms with E-state index >= 15 is 0 Å². The minimum absolute atomic E-state index is 0.523. The monoisotopic (exact) mass is 178 g/mol. The van der Waals surface area contributed by atoms with Gasteiger partial charge >= 0.3 is 7.05 Å². The van der Waals surface area contributed by atoms with Crippen LogP contribution in [0.1, 0.15) is 5.56 Å². The van der Waals surface area contributed by atoms with Gasteiger partial charge in [-0.3, -0.25) is 0 Å². The van der Waals surface area contributed by atoms with Crippen LogP contribution in [0.3, 0.4) is 0 Å². The minimum atomic E-state index is -1.25. The molecule has 0 bridgehead atoms. The Kier molecular flexibility index (Phi) is 3.61. The first-order valence-electron chi connectivity index (χ1n) is 4.02. The van der Waals surface area contributed by atoms with Crippen molar-refractivity contribution in [1.29, 1.82) is 0 Å². The normalized spacial score (nSPS) is 9.69.